The number of anilines is 1. The maximum atomic E-state index is 12.4. The molecule has 1 atom stereocenters. The van der Waals surface area contributed by atoms with Crippen LogP contribution in [0.25, 0.3) is 0 Å². The fourth-order valence-corrected chi connectivity index (χ4v) is 2.51. The quantitative estimate of drug-likeness (QED) is 0.833. The Morgan fingerprint density at radius 3 is 2.52 bits per heavy atom. The topological polar surface area (TPSA) is 60.0 Å². The van der Waals surface area contributed by atoms with E-state index >= 15 is 0 Å². The molecule has 1 N–H and O–H groups in total. The summed E-state index contributed by atoms with van der Waals surface area (Å²) in [5.74, 6) is 1.48. The van der Waals surface area contributed by atoms with Crippen molar-refractivity contribution in [3.8, 4) is 11.5 Å². The molecule has 128 valence electrons. The van der Waals surface area contributed by atoms with Gasteiger partial charge in [0.15, 0.2) is 11.5 Å². The van der Waals surface area contributed by atoms with Crippen LogP contribution < -0.4 is 14.8 Å². The zero-order valence-electron chi connectivity index (χ0n) is 14.1. The van der Waals surface area contributed by atoms with Crippen LogP contribution in [-0.2, 0) is 9.53 Å². The molecule has 1 fully saturated rings. The molecule has 1 heterocycles. The summed E-state index contributed by atoms with van der Waals surface area (Å²) >= 11 is 0. The molecule has 1 aromatic carbocycles. The third-order valence-electron chi connectivity index (χ3n) is 3.62. The number of nitrogens with one attached hydrogen (secondary N) is 1. The fourth-order valence-electron chi connectivity index (χ4n) is 2.51. The summed E-state index contributed by atoms with van der Waals surface area (Å²) in [7, 11) is 0. The number of carbonyl (C=O) groups is 1. The molecule has 23 heavy (non-hydrogen) atoms. The smallest absolute Gasteiger partial charge is 0.244 e. The number of benzene rings is 1. The molecular formula is C17H26N2O4. The average molecular weight is 322 g/mol. The lowest BCUT2D eigenvalue weighted by Crippen LogP contribution is -2.46. The second-order valence-electron chi connectivity index (χ2n) is 5.33. The van der Waals surface area contributed by atoms with Crippen LogP contribution in [0.4, 0.5) is 5.69 Å². The third kappa shape index (κ3) is 4.76. The largest absolute Gasteiger partial charge is 0.490 e. The Hall–Kier alpha value is -1.95. The van der Waals surface area contributed by atoms with Gasteiger partial charge in [-0.15, -0.1) is 0 Å². The summed E-state index contributed by atoms with van der Waals surface area (Å²) in [5.41, 5.74) is 0.839. The Bertz CT molecular complexity index is 515. The van der Waals surface area contributed by atoms with E-state index in [0.717, 1.165) is 5.69 Å². The molecule has 0 aromatic heterocycles. The molecule has 6 heteroatoms. The third-order valence-corrected chi connectivity index (χ3v) is 3.62. The molecule has 1 amide bonds. The number of rotatable bonds is 7. The van der Waals surface area contributed by atoms with Gasteiger partial charge < -0.3 is 24.4 Å². The van der Waals surface area contributed by atoms with Crippen LogP contribution in [0.2, 0.25) is 0 Å². The first-order valence-corrected chi connectivity index (χ1v) is 8.18. The molecule has 1 aromatic rings. The molecule has 0 saturated carbocycles. The number of hydrogen-bond donors (Lipinski definition) is 1. The summed E-state index contributed by atoms with van der Waals surface area (Å²) in [5, 5.41) is 3.24. The SMILES string of the molecule is CCOc1ccc(NC(C)C(=O)N2CCOCC2)cc1OCC. The molecule has 0 bridgehead atoms. The number of hydrogen-bond acceptors (Lipinski definition) is 5. The van der Waals surface area contributed by atoms with Gasteiger partial charge in [0.1, 0.15) is 6.04 Å². The van der Waals surface area contributed by atoms with Gasteiger partial charge in [0, 0.05) is 24.8 Å². The Morgan fingerprint density at radius 1 is 1.22 bits per heavy atom. The first kappa shape index (κ1) is 17.4. The molecule has 0 aliphatic carbocycles. The van der Waals surface area contributed by atoms with Gasteiger partial charge in [0.05, 0.1) is 26.4 Å². The van der Waals surface area contributed by atoms with E-state index in [0.29, 0.717) is 51.0 Å². The monoisotopic (exact) mass is 322 g/mol. The molecule has 6 nitrogen and oxygen atoms in total. The van der Waals surface area contributed by atoms with Crippen LogP contribution in [0, 0.1) is 0 Å². The summed E-state index contributed by atoms with van der Waals surface area (Å²) in [4.78, 5) is 14.3. The molecule has 1 aliphatic rings. The van der Waals surface area contributed by atoms with E-state index in [-0.39, 0.29) is 11.9 Å². The highest BCUT2D eigenvalue weighted by molar-refractivity contribution is 5.84. The Labute approximate surface area is 137 Å². The minimum absolute atomic E-state index is 0.0835. The normalized spacial score (nSPS) is 15.9. The predicted molar refractivity (Wildman–Crippen MR) is 89.3 cm³/mol. The van der Waals surface area contributed by atoms with Crippen molar-refractivity contribution in [1.29, 1.82) is 0 Å². The second-order valence-corrected chi connectivity index (χ2v) is 5.33. The highest BCUT2D eigenvalue weighted by Gasteiger charge is 2.22. The second kappa shape index (κ2) is 8.62. The Balaban J connectivity index is 2.03. The van der Waals surface area contributed by atoms with Crippen molar-refractivity contribution in [3.05, 3.63) is 18.2 Å². The van der Waals surface area contributed by atoms with Gasteiger partial charge in [-0.05, 0) is 32.9 Å². The first-order valence-electron chi connectivity index (χ1n) is 8.18. The van der Waals surface area contributed by atoms with Crippen molar-refractivity contribution in [2.24, 2.45) is 0 Å². The van der Waals surface area contributed by atoms with E-state index in [1.165, 1.54) is 0 Å². The van der Waals surface area contributed by atoms with Crippen molar-refractivity contribution in [2.75, 3.05) is 44.8 Å². The fraction of sp³-hybridized carbons (Fsp3) is 0.588. The number of ether oxygens (including phenoxy) is 3. The Kier molecular flexibility index (Phi) is 6.52. The lowest BCUT2D eigenvalue weighted by atomic mass is 10.2. The molecule has 1 aliphatic heterocycles. The van der Waals surface area contributed by atoms with Crippen LogP contribution in [0.3, 0.4) is 0 Å². The van der Waals surface area contributed by atoms with Crippen molar-refractivity contribution in [2.45, 2.75) is 26.8 Å². The minimum atomic E-state index is -0.305. The van der Waals surface area contributed by atoms with E-state index in [2.05, 4.69) is 5.32 Å². The van der Waals surface area contributed by atoms with Crippen LogP contribution in [0.15, 0.2) is 18.2 Å². The van der Waals surface area contributed by atoms with Crippen molar-refractivity contribution >= 4 is 11.6 Å². The molecule has 2 rings (SSSR count). The van der Waals surface area contributed by atoms with Crippen molar-refractivity contribution in [3.63, 3.8) is 0 Å². The van der Waals surface area contributed by atoms with Gasteiger partial charge in [0.2, 0.25) is 5.91 Å². The summed E-state index contributed by atoms with van der Waals surface area (Å²) in [6.45, 7) is 9.40. The van der Waals surface area contributed by atoms with E-state index in [9.17, 15) is 4.79 Å². The van der Waals surface area contributed by atoms with Crippen LogP contribution in [0.5, 0.6) is 11.5 Å². The van der Waals surface area contributed by atoms with Gasteiger partial charge in [-0.1, -0.05) is 0 Å². The van der Waals surface area contributed by atoms with E-state index < -0.39 is 0 Å². The highest BCUT2D eigenvalue weighted by atomic mass is 16.5. The summed E-state index contributed by atoms with van der Waals surface area (Å²) in [6, 6.07) is 5.33. The van der Waals surface area contributed by atoms with Crippen LogP contribution >= 0.6 is 0 Å². The van der Waals surface area contributed by atoms with Gasteiger partial charge in [0.25, 0.3) is 0 Å². The van der Waals surface area contributed by atoms with Gasteiger partial charge in [-0.3, -0.25) is 4.79 Å². The molecule has 0 radical (unpaired) electrons. The standard InChI is InChI=1S/C17H26N2O4/c1-4-22-15-7-6-14(12-16(15)23-5-2)18-13(3)17(20)19-8-10-21-11-9-19/h6-7,12-13,18H,4-5,8-11H2,1-3H3. The van der Waals surface area contributed by atoms with Gasteiger partial charge in [-0.25, -0.2) is 0 Å². The minimum Gasteiger partial charge on any atom is -0.490 e. The average Bonchev–Trinajstić information content (AvgIpc) is 2.57. The maximum Gasteiger partial charge on any atom is 0.244 e. The zero-order chi connectivity index (χ0) is 16.7. The molecule has 1 saturated heterocycles. The van der Waals surface area contributed by atoms with Crippen LogP contribution in [-0.4, -0.2) is 56.4 Å². The predicted octanol–water partition coefficient (Wildman–Crippen LogP) is 2.14. The molecule has 0 spiro atoms. The van der Waals surface area contributed by atoms with E-state index in [1.54, 1.807) is 0 Å². The van der Waals surface area contributed by atoms with E-state index in [4.69, 9.17) is 14.2 Å². The summed E-state index contributed by atoms with van der Waals surface area (Å²) < 4.78 is 16.4. The van der Waals surface area contributed by atoms with Gasteiger partial charge in [-0.2, -0.15) is 0 Å². The van der Waals surface area contributed by atoms with Crippen LogP contribution in [0.1, 0.15) is 20.8 Å². The number of morpholine rings is 1. The lowest BCUT2D eigenvalue weighted by Gasteiger charge is -2.29. The first-order chi connectivity index (χ1) is 11.2. The van der Waals surface area contributed by atoms with E-state index in [1.807, 2.05) is 43.9 Å². The number of carbonyl (C=O) groups excluding carboxylic acids is 1. The van der Waals surface area contributed by atoms with Gasteiger partial charge >= 0.3 is 0 Å². The maximum absolute atomic E-state index is 12.4. The van der Waals surface area contributed by atoms with Crippen molar-refractivity contribution in [1.82, 2.24) is 4.90 Å². The zero-order valence-corrected chi connectivity index (χ0v) is 14.1. The number of nitrogens with zero attached hydrogens (tertiary/aromatic N) is 1. The van der Waals surface area contributed by atoms with Crippen molar-refractivity contribution < 1.29 is 19.0 Å². The summed E-state index contributed by atoms with van der Waals surface area (Å²) in [6.07, 6.45) is 0. The highest BCUT2D eigenvalue weighted by Crippen LogP contribution is 2.31. The number of amides is 1. The molecule has 1 unspecified atom stereocenters. The molecular weight excluding hydrogens is 296 g/mol. The lowest BCUT2D eigenvalue weighted by molar-refractivity contribution is -0.135. The Morgan fingerprint density at radius 2 is 1.87 bits per heavy atom.